The second kappa shape index (κ2) is 7.20. The number of sulfonamides is 1. The largest absolute Gasteiger partial charge is 0.468 e. The molecule has 0 spiro atoms. The summed E-state index contributed by atoms with van der Waals surface area (Å²) >= 11 is 0. The second-order valence-electron chi connectivity index (χ2n) is 4.93. The Balaban J connectivity index is 2.85. The Kier molecular flexibility index (Phi) is 5.88. The molecular weight excluding hydrogens is 292 g/mol. The number of rotatable bonds is 6. The number of methoxy groups -OCH3 is 1. The van der Waals surface area contributed by atoms with E-state index in [0.29, 0.717) is 11.1 Å². The van der Waals surface area contributed by atoms with E-state index >= 15 is 0 Å². The lowest BCUT2D eigenvalue weighted by molar-refractivity contribution is -0.143. The van der Waals surface area contributed by atoms with Crippen molar-refractivity contribution < 1.29 is 17.9 Å². The first-order valence-corrected chi connectivity index (χ1v) is 8.01. The quantitative estimate of drug-likeness (QED) is 0.796. The Morgan fingerprint density at radius 2 is 1.90 bits per heavy atom. The van der Waals surface area contributed by atoms with E-state index in [9.17, 15) is 13.2 Å². The topological polar surface area (TPSA) is 96.3 Å². The van der Waals surface area contributed by atoms with Crippen molar-refractivity contribution in [1.29, 1.82) is 5.26 Å². The highest BCUT2D eigenvalue weighted by molar-refractivity contribution is 7.88. The van der Waals surface area contributed by atoms with Gasteiger partial charge >= 0.3 is 5.97 Å². The van der Waals surface area contributed by atoms with E-state index < -0.39 is 22.0 Å². The SMILES string of the molecule is COC(=O)C(NS(=O)(=O)Cc1ccc(C#N)cc1)C(C)C. The third-order valence-corrected chi connectivity index (χ3v) is 4.19. The van der Waals surface area contributed by atoms with E-state index in [0.717, 1.165) is 0 Å². The summed E-state index contributed by atoms with van der Waals surface area (Å²) < 4.78 is 31.2. The van der Waals surface area contributed by atoms with Crippen LogP contribution < -0.4 is 4.72 Å². The highest BCUT2D eigenvalue weighted by Crippen LogP contribution is 2.10. The molecule has 21 heavy (non-hydrogen) atoms. The number of carbonyl (C=O) groups is 1. The lowest BCUT2D eigenvalue weighted by Gasteiger charge is -2.19. The fraction of sp³-hybridized carbons (Fsp3) is 0.429. The molecule has 1 N–H and O–H groups in total. The van der Waals surface area contributed by atoms with Crippen LogP contribution in [0.4, 0.5) is 0 Å². The third-order valence-electron chi connectivity index (χ3n) is 2.87. The van der Waals surface area contributed by atoms with E-state index in [2.05, 4.69) is 9.46 Å². The van der Waals surface area contributed by atoms with Crippen molar-refractivity contribution in [2.24, 2.45) is 5.92 Å². The highest BCUT2D eigenvalue weighted by Gasteiger charge is 2.28. The van der Waals surface area contributed by atoms with Gasteiger partial charge in [0.15, 0.2) is 0 Å². The van der Waals surface area contributed by atoms with Crippen LogP contribution in [0.5, 0.6) is 0 Å². The minimum atomic E-state index is -3.69. The molecule has 1 rings (SSSR count). The molecule has 0 fully saturated rings. The summed E-state index contributed by atoms with van der Waals surface area (Å²) in [4.78, 5) is 11.6. The number of nitrogens with zero attached hydrogens (tertiary/aromatic N) is 1. The van der Waals surface area contributed by atoms with Gasteiger partial charge in [-0.2, -0.15) is 5.26 Å². The van der Waals surface area contributed by atoms with Crippen LogP contribution in [0.1, 0.15) is 25.0 Å². The Bertz CT molecular complexity index is 630. The average molecular weight is 310 g/mol. The van der Waals surface area contributed by atoms with Gasteiger partial charge in [-0.25, -0.2) is 13.1 Å². The summed E-state index contributed by atoms with van der Waals surface area (Å²) in [6, 6.07) is 7.28. The Labute approximate surface area is 124 Å². The van der Waals surface area contributed by atoms with Gasteiger partial charge in [0.2, 0.25) is 10.0 Å². The van der Waals surface area contributed by atoms with Gasteiger partial charge in [-0.15, -0.1) is 0 Å². The maximum atomic E-state index is 12.1. The third kappa shape index (κ3) is 5.17. The average Bonchev–Trinajstić information content (AvgIpc) is 2.44. The summed E-state index contributed by atoms with van der Waals surface area (Å²) in [5.41, 5.74) is 0.993. The number of esters is 1. The first-order chi connectivity index (χ1) is 9.79. The fourth-order valence-corrected chi connectivity index (χ4v) is 3.18. The molecule has 0 bridgehead atoms. The van der Waals surface area contributed by atoms with Gasteiger partial charge in [0.05, 0.1) is 24.5 Å². The monoisotopic (exact) mass is 310 g/mol. The summed E-state index contributed by atoms with van der Waals surface area (Å²) in [5, 5.41) is 8.70. The van der Waals surface area contributed by atoms with Gasteiger partial charge < -0.3 is 4.74 Å². The predicted molar refractivity (Wildman–Crippen MR) is 77.6 cm³/mol. The molecule has 0 aliphatic carbocycles. The molecule has 1 atom stereocenters. The standard InChI is InChI=1S/C14H18N2O4S/c1-10(2)13(14(17)20-3)16-21(18,19)9-12-6-4-11(8-15)5-7-12/h4-7,10,13,16H,9H2,1-3H3. The van der Waals surface area contributed by atoms with E-state index in [4.69, 9.17) is 5.26 Å². The molecule has 1 unspecified atom stereocenters. The fourth-order valence-electron chi connectivity index (χ4n) is 1.71. The zero-order valence-electron chi connectivity index (χ0n) is 12.2. The maximum Gasteiger partial charge on any atom is 0.324 e. The summed E-state index contributed by atoms with van der Waals surface area (Å²) in [6.45, 7) is 3.46. The minimum Gasteiger partial charge on any atom is -0.468 e. The van der Waals surface area contributed by atoms with Gasteiger partial charge in [0.25, 0.3) is 0 Å². The first-order valence-electron chi connectivity index (χ1n) is 6.36. The van der Waals surface area contributed by atoms with Crippen LogP contribution in [0.25, 0.3) is 0 Å². The number of nitrogens with one attached hydrogen (secondary N) is 1. The number of carbonyl (C=O) groups excluding carboxylic acids is 1. The smallest absolute Gasteiger partial charge is 0.324 e. The molecule has 0 radical (unpaired) electrons. The molecule has 1 aromatic carbocycles. The molecule has 0 aliphatic rings. The molecule has 0 aromatic heterocycles. The zero-order chi connectivity index (χ0) is 16.0. The van der Waals surface area contributed by atoms with Crippen LogP contribution >= 0.6 is 0 Å². The van der Waals surface area contributed by atoms with Crippen LogP contribution in [-0.4, -0.2) is 27.5 Å². The molecule has 6 nitrogen and oxygen atoms in total. The van der Waals surface area contributed by atoms with E-state index in [1.165, 1.54) is 7.11 Å². The van der Waals surface area contributed by atoms with Gasteiger partial charge in [-0.3, -0.25) is 4.79 Å². The molecule has 0 aliphatic heterocycles. The molecule has 0 amide bonds. The van der Waals surface area contributed by atoms with Gasteiger partial charge in [-0.05, 0) is 23.6 Å². The van der Waals surface area contributed by atoms with Crippen LogP contribution in [0.3, 0.4) is 0 Å². The lowest BCUT2D eigenvalue weighted by Crippen LogP contribution is -2.45. The van der Waals surface area contributed by atoms with Crippen molar-refractivity contribution in [3.05, 3.63) is 35.4 Å². The van der Waals surface area contributed by atoms with Crippen LogP contribution in [0, 0.1) is 17.2 Å². The molecule has 7 heteroatoms. The minimum absolute atomic E-state index is 0.229. The number of ether oxygens (including phenoxy) is 1. The normalized spacial score (nSPS) is 12.7. The summed E-state index contributed by atoms with van der Waals surface area (Å²) in [5.74, 6) is -1.11. The lowest BCUT2D eigenvalue weighted by atomic mass is 10.1. The predicted octanol–water partition coefficient (Wildman–Crippen LogP) is 1.18. The Hall–Kier alpha value is -1.91. The van der Waals surface area contributed by atoms with E-state index in [-0.39, 0.29) is 11.7 Å². The Morgan fingerprint density at radius 1 is 1.33 bits per heavy atom. The molecule has 1 aromatic rings. The number of benzene rings is 1. The van der Waals surface area contributed by atoms with Gasteiger partial charge in [0, 0.05) is 0 Å². The summed E-state index contributed by atoms with van der Waals surface area (Å²) in [6.07, 6.45) is 0. The number of hydrogen-bond donors (Lipinski definition) is 1. The van der Waals surface area contributed by atoms with Crippen molar-refractivity contribution in [1.82, 2.24) is 4.72 Å². The van der Waals surface area contributed by atoms with Crippen molar-refractivity contribution >= 4 is 16.0 Å². The van der Waals surface area contributed by atoms with Crippen molar-refractivity contribution in [3.8, 4) is 6.07 Å². The maximum absolute atomic E-state index is 12.1. The molecular formula is C14H18N2O4S. The molecule has 0 saturated carbocycles. The van der Waals surface area contributed by atoms with Gasteiger partial charge in [-0.1, -0.05) is 26.0 Å². The van der Waals surface area contributed by atoms with Crippen LogP contribution in [-0.2, 0) is 25.3 Å². The van der Waals surface area contributed by atoms with Crippen LogP contribution in [0.2, 0.25) is 0 Å². The van der Waals surface area contributed by atoms with E-state index in [1.54, 1.807) is 38.1 Å². The number of nitriles is 1. The molecule has 114 valence electrons. The van der Waals surface area contributed by atoms with Crippen molar-refractivity contribution in [3.63, 3.8) is 0 Å². The van der Waals surface area contributed by atoms with Crippen LogP contribution in [0.15, 0.2) is 24.3 Å². The van der Waals surface area contributed by atoms with Crippen molar-refractivity contribution in [2.45, 2.75) is 25.6 Å². The first kappa shape index (κ1) is 17.1. The second-order valence-corrected chi connectivity index (χ2v) is 6.68. The van der Waals surface area contributed by atoms with E-state index in [1.807, 2.05) is 6.07 Å². The zero-order valence-corrected chi connectivity index (χ0v) is 13.0. The number of hydrogen-bond acceptors (Lipinski definition) is 5. The Morgan fingerprint density at radius 3 is 2.33 bits per heavy atom. The molecule has 0 saturated heterocycles. The summed E-state index contributed by atoms with van der Waals surface area (Å²) in [7, 11) is -2.47. The van der Waals surface area contributed by atoms with Crippen molar-refractivity contribution in [2.75, 3.05) is 7.11 Å². The van der Waals surface area contributed by atoms with Gasteiger partial charge in [0.1, 0.15) is 6.04 Å². The molecule has 0 heterocycles. The highest BCUT2D eigenvalue weighted by atomic mass is 32.2.